The van der Waals surface area contributed by atoms with Gasteiger partial charge in [-0.1, -0.05) is 0 Å². The van der Waals surface area contributed by atoms with E-state index in [0.29, 0.717) is 32.0 Å². The zero-order chi connectivity index (χ0) is 14.9. The number of non-ortho nitro benzene ring substituents is 1. The van der Waals surface area contributed by atoms with E-state index in [9.17, 15) is 10.1 Å². The molecule has 0 saturated carbocycles. The van der Waals surface area contributed by atoms with Gasteiger partial charge in [0.25, 0.3) is 5.69 Å². The number of halogens is 2. The maximum absolute atomic E-state index is 10.8. The number of ether oxygens (including phenoxy) is 1. The number of nitrogens with two attached hydrogens (primary N) is 1. The quantitative estimate of drug-likeness (QED) is 0.613. The number of hydrogen-bond acceptors (Lipinski definition) is 5. The monoisotopic (exact) mass is 401 g/mol. The van der Waals surface area contributed by atoms with E-state index in [2.05, 4.69) is 36.8 Å². The van der Waals surface area contributed by atoms with Gasteiger partial charge >= 0.3 is 0 Å². The SMILES string of the molecule is Cc1nc(Oc2c(Br)cc([N+](=O)[O-])cc2Br)ccc1N. The summed E-state index contributed by atoms with van der Waals surface area (Å²) < 4.78 is 6.53. The highest BCUT2D eigenvalue weighted by Gasteiger charge is 2.16. The van der Waals surface area contributed by atoms with Gasteiger partial charge in [0.1, 0.15) is 0 Å². The van der Waals surface area contributed by atoms with Crippen LogP contribution in [-0.2, 0) is 0 Å². The zero-order valence-electron chi connectivity index (χ0n) is 10.3. The molecular weight excluding hydrogens is 394 g/mol. The number of aryl methyl sites for hydroxylation is 1. The Morgan fingerprint density at radius 1 is 1.30 bits per heavy atom. The van der Waals surface area contributed by atoms with Gasteiger partial charge in [0.15, 0.2) is 5.75 Å². The number of hydrogen-bond donors (Lipinski definition) is 1. The molecule has 0 aliphatic carbocycles. The van der Waals surface area contributed by atoms with Crippen molar-refractivity contribution in [1.29, 1.82) is 0 Å². The molecule has 0 unspecified atom stereocenters. The molecule has 2 N–H and O–H groups in total. The Bertz CT molecular complexity index is 669. The molecule has 2 aromatic rings. The lowest BCUT2D eigenvalue weighted by atomic mass is 10.3. The minimum Gasteiger partial charge on any atom is -0.437 e. The van der Waals surface area contributed by atoms with Crippen molar-refractivity contribution in [2.45, 2.75) is 6.92 Å². The molecule has 6 nitrogen and oxygen atoms in total. The fourth-order valence-electron chi connectivity index (χ4n) is 1.46. The average molecular weight is 403 g/mol. The molecule has 0 amide bonds. The van der Waals surface area contributed by atoms with Crippen LogP contribution in [0.3, 0.4) is 0 Å². The zero-order valence-corrected chi connectivity index (χ0v) is 13.4. The lowest BCUT2D eigenvalue weighted by Crippen LogP contribution is -1.96. The molecule has 0 aliphatic heterocycles. The van der Waals surface area contributed by atoms with E-state index in [1.807, 2.05) is 0 Å². The number of pyridine rings is 1. The van der Waals surface area contributed by atoms with Crippen molar-refractivity contribution >= 4 is 43.2 Å². The first-order valence-electron chi connectivity index (χ1n) is 5.43. The summed E-state index contributed by atoms with van der Waals surface area (Å²) in [6.07, 6.45) is 0. The Balaban J connectivity index is 2.38. The van der Waals surface area contributed by atoms with Crippen molar-refractivity contribution in [2.75, 3.05) is 5.73 Å². The Labute approximate surface area is 131 Å². The smallest absolute Gasteiger partial charge is 0.271 e. The van der Waals surface area contributed by atoms with Gasteiger partial charge in [0, 0.05) is 18.2 Å². The molecule has 0 radical (unpaired) electrons. The van der Waals surface area contributed by atoms with Crippen molar-refractivity contribution in [3.05, 3.63) is 49.0 Å². The lowest BCUT2D eigenvalue weighted by molar-refractivity contribution is -0.385. The Kier molecular flexibility index (Phi) is 4.24. The van der Waals surface area contributed by atoms with Gasteiger partial charge in [-0.05, 0) is 44.8 Å². The second-order valence-electron chi connectivity index (χ2n) is 3.92. The van der Waals surface area contributed by atoms with Gasteiger partial charge in [-0.15, -0.1) is 0 Å². The molecule has 1 heterocycles. The molecule has 1 aromatic carbocycles. The third-order valence-electron chi connectivity index (χ3n) is 2.50. The largest absolute Gasteiger partial charge is 0.437 e. The molecule has 0 atom stereocenters. The summed E-state index contributed by atoms with van der Waals surface area (Å²) in [5.41, 5.74) is 6.86. The van der Waals surface area contributed by atoms with Crippen LogP contribution in [0.15, 0.2) is 33.2 Å². The van der Waals surface area contributed by atoms with Crippen LogP contribution in [0.1, 0.15) is 5.69 Å². The number of nitro benzene ring substituents is 1. The van der Waals surface area contributed by atoms with Gasteiger partial charge < -0.3 is 10.5 Å². The maximum atomic E-state index is 10.8. The lowest BCUT2D eigenvalue weighted by Gasteiger charge is -2.10. The van der Waals surface area contributed by atoms with Crippen LogP contribution in [0.25, 0.3) is 0 Å². The maximum Gasteiger partial charge on any atom is 0.271 e. The predicted octanol–water partition coefficient (Wildman–Crippen LogP) is 4.20. The molecule has 0 aliphatic rings. The molecule has 0 spiro atoms. The summed E-state index contributed by atoms with van der Waals surface area (Å²) >= 11 is 6.49. The third-order valence-corrected chi connectivity index (χ3v) is 3.68. The molecule has 0 fully saturated rings. The van der Waals surface area contributed by atoms with Crippen LogP contribution in [-0.4, -0.2) is 9.91 Å². The first kappa shape index (κ1) is 14.7. The standard InChI is InChI=1S/C12H9Br2N3O3/c1-6-10(15)2-3-11(16-6)20-12-8(13)4-7(17(18)19)5-9(12)14/h2-5H,15H2,1H3. The van der Waals surface area contributed by atoms with Crippen molar-refractivity contribution in [3.63, 3.8) is 0 Å². The van der Waals surface area contributed by atoms with Gasteiger partial charge in [-0.25, -0.2) is 4.98 Å². The van der Waals surface area contributed by atoms with E-state index >= 15 is 0 Å². The van der Waals surface area contributed by atoms with E-state index < -0.39 is 4.92 Å². The molecule has 8 heteroatoms. The molecular formula is C12H9Br2N3O3. The fourth-order valence-corrected chi connectivity index (χ4v) is 2.78. The highest BCUT2D eigenvalue weighted by atomic mass is 79.9. The van der Waals surface area contributed by atoms with Crippen LogP contribution in [0.5, 0.6) is 11.6 Å². The Morgan fingerprint density at radius 2 is 1.90 bits per heavy atom. The second-order valence-corrected chi connectivity index (χ2v) is 5.63. The Hall–Kier alpha value is -1.67. The molecule has 20 heavy (non-hydrogen) atoms. The summed E-state index contributed by atoms with van der Waals surface area (Å²) in [5.74, 6) is 0.763. The summed E-state index contributed by atoms with van der Waals surface area (Å²) in [6, 6.07) is 6.04. The van der Waals surface area contributed by atoms with E-state index in [0.717, 1.165) is 0 Å². The summed E-state index contributed by atoms with van der Waals surface area (Å²) in [5, 5.41) is 10.8. The highest BCUT2D eigenvalue weighted by Crippen LogP contribution is 2.39. The Morgan fingerprint density at radius 3 is 2.40 bits per heavy atom. The van der Waals surface area contributed by atoms with Crippen LogP contribution in [0, 0.1) is 17.0 Å². The number of aromatic nitrogens is 1. The minimum absolute atomic E-state index is 0.0439. The van der Waals surface area contributed by atoms with Gasteiger partial charge in [-0.3, -0.25) is 10.1 Å². The summed E-state index contributed by atoms with van der Waals surface area (Å²) in [4.78, 5) is 14.5. The first-order valence-corrected chi connectivity index (χ1v) is 7.01. The topological polar surface area (TPSA) is 91.3 Å². The van der Waals surface area contributed by atoms with Crippen LogP contribution in [0.4, 0.5) is 11.4 Å². The van der Waals surface area contributed by atoms with Crippen LogP contribution >= 0.6 is 31.9 Å². The van der Waals surface area contributed by atoms with Gasteiger partial charge in [-0.2, -0.15) is 0 Å². The van der Waals surface area contributed by atoms with Crippen molar-refractivity contribution < 1.29 is 9.66 Å². The minimum atomic E-state index is -0.481. The predicted molar refractivity (Wildman–Crippen MR) is 82.0 cm³/mol. The number of nitro groups is 1. The second kappa shape index (κ2) is 5.76. The van der Waals surface area contributed by atoms with Crippen LogP contribution in [0.2, 0.25) is 0 Å². The molecule has 0 bridgehead atoms. The van der Waals surface area contributed by atoms with Crippen molar-refractivity contribution in [3.8, 4) is 11.6 Å². The highest BCUT2D eigenvalue weighted by molar-refractivity contribution is 9.11. The summed E-state index contributed by atoms with van der Waals surface area (Å²) in [7, 11) is 0. The summed E-state index contributed by atoms with van der Waals surface area (Å²) in [6.45, 7) is 1.77. The van der Waals surface area contributed by atoms with Gasteiger partial charge in [0.05, 0.1) is 25.3 Å². The number of nitrogens with zero attached hydrogens (tertiary/aromatic N) is 2. The average Bonchev–Trinajstić information content (AvgIpc) is 2.37. The van der Waals surface area contributed by atoms with E-state index in [1.165, 1.54) is 12.1 Å². The third kappa shape index (κ3) is 3.07. The van der Waals surface area contributed by atoms with E-state index in [4.69, 9.17) is 10.5 Å². The van der Waals surface area contributed by atoms with E-state index in [1.54, 1.807) is 19.1 Å². The van der Waals surface area contributed by atoms with E-state index in [-0.39, 0.29) is 5.69 Å². The fraction of sp³-hybridized carbons (Fsp3) is 0.0833. The normalized spacial score (nSPS) is 10.3. The number of anilines is 1. The van der Waals surface area contributed by atoms with Crippen LogP contribution < -0.4 is 10.5 Å². The number of benzene rings is 1. The van der Waals surface area contributed by atoms with Gasteiger partial charge in [0.2, 0.25) is 5.88 Å². The molecule has 2 rings (SSSR count). The first-order chi connectivity index (χ1) is 9.38. The number of rotatable bonds is 3. The molecule has 0 saturated heterocycles. The number of nitrogen functional groups attached to an aromatic ring is 1. The molecule has 1 aromatic heterocycles. The van der Waals surface area contributed by atoms with Crippen molar-refractivity contribution in [1.82, 2.24) is 4.98 Å². The molecule has 104 valence electrons. The van der Waals surface area contributed by atoms with Crippen molar-refractivity contribution in [2.24, 2.45) is 0 Å².